The fourth-order valence-corrected chi connectivity index (χ4v) is 3.59. The normalized spacial score (nSPS) is 20.1. The number of hydrogen-bond donors (Lipinski definition) is 0. The Morgan fingerprint density at radius 3 is 2.19 bits per heavy atom. The number of para-hydroxylation sites is 2. The molecule has 3 aromatic carbocycles. The Bertz CT molecular complexity index is 984. The van der Waals surface area contributed by atoms with Gasteiger partial charge in [-0.1, -0.05) is 85.8 Å². The molecule has 0 bridgehead atoms. The molecule has 0 aromatic heterocycles. The Morgan fingerprint density at radius 1 is 0.889 bits per heavy atom. The van der Waals surface area contributed by atoms with Gasteiger partial charge in [-0.2, -0.15) is 0 Å². The SMILES string of the molecule is CC(/C=C/c1ccccc1)C1(F)C(=O)N(c2ccccc2)c2ccccc21. The van der Waals surface area contributed by atoms with E-state index in [-0.39, 0.29) is 0 Å². The third kappa shape index (κ3) is 2.85. The molecular formula is C24H20FNO. The highest BCUT2D eigenvalue weighted by atomic mass is 19.1. The number of carbonyl (C=O) groups is 1. The van der Waals surface area contributed by atoms with E-state index < -0.39 is 17.5 Å². The number of fused-ring (bicyclic) bond motifs is 1. The highest BCUT2D eigenvalue weighted by Crippen LogP contribution is 2.50. The zero-order valence-corrected chi connectivity index (χ0v) is 15.0. The molecule has 2 atom stereocenters. The van der Waals surface area contributed by atoms with Gasteiger partial charge in [-0.15, -0.1) is 0 Å². The average Bonchev–Trinajstić information content (AvgIpc) is 2.96. The van der Waals surface area contributed by atoms with Crippen molar-refractivity contribution in [1.29, 1.82) is 0 Å². The zero-order chi connectivity index (χ0) is 18.9. The van der Waals surface area contributed by atoms with Gasteiger partial charge in [0.05, 0.1) is 5.69 Å². The number of rotatable bonds is 4. The predicted molar refractivity (Wildman–Crippen MR) is 107 cm³/mol. The molecule has 134 valence electrons. The molecule has 0 saturated carbocycles. The summed E-state index contributed by atoms with van der Waals surface area (Å²) in [6, 6.07) is 26.1. The third-order valence-electron chi connectivity index (χ3n) is 5.07. The molecule has 0 N–H and O–H groups in total. The second-order valence-corrected chi connectivity index (χ2v) is 6.76. The molecule has 2 unspecified atom stereocenters. The number of anilines is 2. The summed E-state index contributed by atoms with van der Waals surface area (Å²) in [6.45, 7) is 1.75. The Morgan fingerprint density at radius 2 is 1.48 bits per heavy atom. The summed E-state index contributed by atoms with van der Waals surface area (Å²) in [5.74, 6) is -1.15. The maximum atomic E-state index is 16.3. The Hall–Kier alpha value is -3.20. The van der Waals surface area contributed by atoms with E-state index in [2.05, 4.69) is 0 Å². The number of carbonyl (C=O) groups excluding carboxylic acids is 1. The van der Waals surface area contributed by atoms with E-state index in [1.165, 1.54) is 4.90 Å². The molecule has 27 heavy (non-hydrogen) atoms. The van der Waals surface area contributed by atoms with Gasteiger partial charge in [0.2, 0.25) is 5.67 Å². The van der Waals surface area contributed by atoms with Crippen molar-refractivity contribution < 1.29 is 9.18 Å². The number of alkyl halides is 1. The first-order valence-corrected chi connectivity index (χ1v) is 9.03. The van der Waals surface area contributed by atoms with Crippen LogP contribution in [0.25, 0.3) is 6.08 Å². The van der Waals surface area contributed by atoms with Crippen LogP contribution in [0.4, 0.5) is 15.8 Å². The molecule has 1 aliphatic heterocycles. The lowest BCUT2D eigenvalue weighted by atomic mass is 9.84. The van der Waals surface area contributed by atoms with Crippen LogP contribution in [0.15, 0.2) is 91.0 Å². The van der Waals surface area contributed by atoms with Crippen LogP contribution in [0.1, 0.15) is 18.1 Å². The van der Waals surface area contributed by atoms with E-state index in [4.69, 9.17) is 0 Å². The van der Waals surface area contributed by atoms with Crippen molar-refractivity contribution in [2.45, 2.75) is 12.6 Å². The lowest BCUT2D eigenvalue weighted by Crippen LogP contribution is -2.39. The fraction of sp³-hybridized carbons (Fsp3) is 0.125. The third-order valence-corrected chi connectivity index (χ3v) is 5.07. The molecule has 2 nitrogen and oxygen atoms in total. The van der Waals surface area contributed by atoms with Gasteiger partial charge in [0.25, 0.3) is 5.91 Å². The molecule has 0 radical (unpaired) electrons. The molecule has 3 heteroatoms. The van der Waals surface area contributed by atoms with Crippen LogP contribution in [0.2, 0.25) is 0 Å². The van der Waals surface area contributed by atoms with E-state index in [1.807, 2.05) is 72.8 Å². The average molecular weight is 357 g/mol. The summed E-state index contributed by atoms with van der Waals surface area (Å²) in [4.78, 5) is 14.7. The summed E-state index contributed by atoms with van der Waals surface area (Å²) in [5, 5.41) is 0. The molecule has 1 aliphatic rings. The van der Waals surface area contributed by atoms with Gasteiger partial charge in [0, 0.05) is 17.2 Å². The van der Waals surface area contributed by atoms with Crippen LogP contribution in [0.3, 0.4) is 0 Å². The molecule has 0 saturated heterocycles. The standard InChI is InChI=1S/C24H20FNO/c1-18(16-17-19-10-4-2-5-11-19)24(25)21-14-8-9-15-22(21)26(23(24)27)20-12-6-3-7-13-20/h2-18H,1H3/b17-16+. The molecular weight excluding hydrogens is 337 g/mol. The Balaban J connectivity index is 1.76. The lowest BCUT2D eigenvalue weighted by molar-refractivity contribution is -0.130. The van der Waals surface area contributed by atoms with E-state index in [9.17, 15) is 4.79 Å². The first kappa shape index (κ1) is 17.2. The second-order valence-electron chi connectivity index (χ2n) is 6.76. The zero-order valence-electron chi connectivity index (χ0n) is 15.0. The Kier molecular flexibility index (Phi) is 4.36. The van der Waals surface area contributed by atoms with Crippen molar-refractivity contribution >= 4 is 23.4 Å². The maximum Gasteiger partial charge on any atom is 0.274 e. The van der Waals surface area contributed by atoms with Gasteiger partial charge < -0.3 is 0 Å². The maximum absolute atomic E-state index is 16.3. The van der Waals surface area contributed by atoms with Gasteiger partial charge in [-0.25, -0.2) is 4.39 Å². The summed E-state index contributed by atoms with van der Waals surface area (Å²) in [6.07, 6.45) is 3.64. The van der Waals surface area contributed by atoms with E-state index in [0.717, 1.165) is 5.56 Å². The first-order chi connectivity index (χ1) is 13.1. The molecule has 1 heterocycles. The van der Waals surface area contributed by atoms with Gasteiger partial charge in [-0.3, -0.25) is 9.69 Å². The molecule has 3 aromatic rings. The van der Waals surface area contributed by atoms with Crippen molar-refractivity contribution in [2.24, 2.45) is 5.92 Å². The lowest BCUT2D eigenvalue weighted by Gasteiger charge is -2.25. The molecule has 0 aliphatic carbocycles. The summed E-state index contributed by atoms with van der Waals surface area (Å²) in [7, 11) is 0. The van der Waals surface area contributed by atoms with Crippen molar-refractivity contribution in [1.82, 2.24) is 0 Å². The highest BCUT2D eigenvalue weighted by Gasteiger charge is 2.54. The fourth-order valence-electron chi connectivity index (χ4n) is 3.59. The van der Waals surface area contributed by atoms with Crippen molar-refractivity contribution in [3.05, 3.63) is 102 Å². The number of amides is 1. The van der Waals surface area contributed by atoms with Crippen LogP contribution in [-0.2, 0) is 10.5 Å². The van der Waals surface area contributed by atoms with Gasteiger partial charge >= 0.3 is 0 Å². The number of hydrogen-bond acceptors (Lipinski definition) is 1. The van der Waals surface area contributed by atoms with Gasteiger partial charge in [0.15, 0.2) is 0 Å². The van der Waals surface area contributed by atoms with E-state index >= 15 is 4.39 Å². The largest absolute Gasteiger partial charge is 0.278 e. The van der Waals surface area contributed by atoms with E-state index in [1.54, 1.807) is 31.2 Å². The van der Waals surface area contributed by atoms with Crippen LogP contribution < -0.4 is 4.90 Å². The van der Waals surface area contributed by atoms with Crippen molar-refractivity contribution in [3.63, 3.8) is 0 Å². The Labute approximate surface area is 158 Å². The van der Waals surface area contributed by atoms with Crippen LogP contribution in [-0.4, -0.2) is 5.91 Å². The van der Waals surface area contributed by atoms with Crippen LogP contribution >= 0.6 is 0 Å². The summed E-state index contributed by atoms with van der Waals surface area (Å²) in [5.41, 5.74) is 0.582. The molecule has 0 fully saturated rings. The summed E-state index contributed by atoms with van der Waals surface area (Å²) >= 11 is 0. The number of allylic oxidation sites excluding steroid dienone is 1. The van der Waals surface area contributed by atoms with Crippen molar-refractivity contribution in [2.75, 3.05) is 4.90 Å². The quantitative estimate of drug-likeness (QED) is 0.571. The van der Waals surface area contributed by atoms with Crippen LogP contribution in [0.5, 0.6) is 0 Å². The topological polar surface area (TPSA) is 20.3 Å². The van der Waals surface area contributed by atoms with Gasteiger partial charge in [0.1, 0.15) is 0 Å². The smallest absolute Gasteiger partial charge is 0.274 e. The number of halogens is 1. The molecule has 0 spiro atoms. The van der Waals surface area contributed by atoms with E-state index in [0.29, 0.717) is 16.9 Å². The minimum atomic E-state index is -2.10. The van der Waals surface area contributed by atoms with Gasteiger partial charge in [-0.05, 0) is 23.8 Å². The minimum Gasteiger partial charge on any atom is -0.278 e. The van der Waals surface area contributed by atoms with Crippen LogP contribution in [0, 0.1) is 5.92 Å². The minimum absolute atomic E-state index is 0.420. The predicted octanol–water partition coefficient (Wildman–Crippen LogP) is 5.88. The highest BCUT2D eigenvalue weighted by molar-refractivity contribution is 6.12. The molecule has 4 rings (SSSR count). The second kappa shape index (κ2) is 6.84. The number of benzene rings is 3. The first-order valence-electron chi connectivity index (χ1n) is 9.03. The number of nitrogens with zero attached hydrogens (tertiary/aromatic N) is 1. The monoisotopic (exact) mass is 357 g/mol. The van der Waals surface area contributed by atoms with Crippen molar-refractivity contribution in [3.8, 4) is 0 Å². The molecule has 1 amide bonds. The summed E-state index contributed by atoms with van der Waals surface area (Å²) < 4.78 is 16.3.